The Kier molecular flexibility index (Phi) is 5.76. The molecule has 2 aromatic heterocycles. The lowest BCUT2D eigenvalue weighted by Crippen LogP contribution is -2.37. The lowest BCUT2D eigenvalue weighted by Gasteiger charge is -2.32. The fourth-order valence-corrected chi connectivity index (χ4v) is 7.28. The lowest BCUT2D eigenvalue weighted by atomic mass is 9.73. The number of thiophene rings is 1. The third-order valence-electron chi connectivity index (χ3n) is 7.87. The van der Waals surface area contributed by atoms with E-state index in [1.54, 1.807) is 21.3 Å². The zero-order valence-corrected chi connectivity index (χ0v) is 21.4. The Labute approximate surface area is 211 Å². The summed E-state index contributed by atoms with van der Waals surface area (Å²) in [4.78, 5) is 29.5. The molecule has 188 valence electrons. The van der Waals surface area contributed by atoms with Crippen LogP contribution in [0, 0.1) is 5.92 Å². The molecule has 2 N–H and O–H groups in total. The van der Waals surface area contributed by atoms with Crippen molar-refractivity contribution in [3.63, 3.8) is 0 Å². The Morgan fingerprint density at radius 3 is 2.61 bits per heavy atom. The van der Waals surface area contributed by atoms with Crippen LogP contribution in [0.25, 0.3) is 20.3 Å². The molecular weight excluding hydrogens is 478 g/mol. The van der Waals surface area contributed by atoms with Gasteiger partial charge in [-0.25, -0.2) is 4.79 Å². The standard InChI is InChI=1S/C27H29N3O5S/c1-33-19-6-4-5-16-15(19)8-7-14-13-28-18(23(14)16)9-10-30-26(31)25-24(29-27(30)32)17-11-20(34-2)21(35-3)12-22(17)36-25/h4-6,11-12,14,18,23,28H,7-10,13H2,1-3H3,(H,29,32)/t14-,18?,23+/m0/s1. The maximum Gasteiger partial charge on any atom is 0.328 e. The van der Waals surface area contributed by atoms with Crippen molar-refractivity contribution in [1.82, 2.24) is 14.9 Å². The second-order valence-electron chi connectivity index (χ2n) is 9.55. The van der Waals surface area contributed by atoms with Crippen molar-refractivity contribution in [1.29, 1.82) is 0 Å². The molecule has 0 bridgehead atoms. The predicted octanol–water partition coefficient (Wildman–Crippen LogP) is 3.64. The van der Waals surface area contributed by atoms with Gasteiger partial charge in [0.25, 0.3) is 5.56 Å². The summed E-state index contributed by atoms with van der Waals surface area (Å²) in [6.45, 7) is 1.31. The molecule has 8 nitrogen and oxygen atoms in total. The highest BCUT2D eigenvalue weighted by Gasteiger charge is 2.40. The van der Waals surface area contributed by atoms with Gasteiger partial charge in [-0.05, 0) is 55.0 Å². The molecular formula is C27H29N3O5S. The Morgan fingerprint density at radius 1 is 1.06 bits per heavy atom. The molecule has 36 heavy (non-hydrogen) atoms. The van der Waals surface area contributed by atoms with Crippen molar-refractivity contribution in [2.75, 3.05) is 27.9 Å². The minimum atomic E-state index is -0.387. The first-order chi connectivity index (χ1) is 17.5. The Hall–Kier alpha value is -3.30. The first-order valence-corrected chi connectivity index (χ1v) is 13.1. The average molecular weight is 508 g/mol. The second-order valence-corrected chi connectivity index (χ2v) is 10.6. The molecule has 1 aliphatic carbocycles. The number of nitrogens with one attached hydrogen (secondary N) is 2. The molecule has 2 aromatic carbocycles. The molecule has 0 saturated carbocycles. The highest BCUT2D eigenvalue weighted by atomic mass is 32.1. The summed E-state index contributed by atoms with van der Waals surface area (Å²) in [5.41, 5.74) is 2.54. The summed E-state index contributed by atoms with van der Waals surface area (Å²) in [5.74, 6) is 3.01. The van der Waals surface area contributed by atoms with Crippen molar-refractivity contribution in [2.45, 2.75) is 37.8 Å². The number of fused-ring (bicyclic) bond motifs is 6. The van der Waals surface area contributed by atoms with Gasteiger partial charge in [-0.1, -0.05) is 12.1 Å². The summed E-state index contributed by atoms with van der Waals surface area (Å²) in [6, 6.07) is 10.1. The minimum absolute atomic E-state index is 0.194. The van der Waals surface area contributed by atoms with E-state index in [2.05, 4.69) is 22.4 Å². The van der Waals surface area contributed by atoms with Gasteiger partial charge in [0, 0.05) is 34.7 Å². The predicted molar refractivity (Wildman–Crippen MR) is 141 cm³/mol. The van der Waals surface area contributed by atoms with Gasteiger partial charge >= 0.3 is 5.69 Å². The van der Waals surface area contributed by atoms with E-state index in [1.807, 2.05) is 18.2 Å². The first-order valence-electron chi connectivity index (χ1n) is 12.2. The molecule has 0 radical (unpaired) electrons. The normalized spacial score (nSPS) is 20.9. The third kappa shape index (κ3) is 3.52. The van der Waals surface area contributed by atoms with Crippen molar-refractivity contribution in [2.24, 2.45) is 5.92 Å². The summed E-state index contributed by atoms with van der Waals surface area (Å²) < 4.78 is 19.2. The first kappa shape index (κ1) is 23.1. The van der Waals surface area contributed by atoms with E-state index in [-0.39, 0.29) is 17.3 Å². The largest absolute Gasteiger partial charge is 0.496 e. The second kappa shape index (κ2) is 8.97. The zero-order valence-electron chi connectivity index (χ0n) is 20.6. The van der Waals surface area contributed by atoms with Gasteiger partial charge in [-0.3, -0.25) is 9.36 Å². The van der Waals surface area contributed by atoms with Crippen LogP contribution in [0.3, 0.4) is 0 Å². The Balaban J connectivity index is 1.34. The van der Waals surface area contributed by atoms with Gasteiger partial charge in [0.2, 0.25) is 0 Å². The molecule has 4 aromatic rings. The number of hydrogen-bond donors (Lipinski definition) is 2. The van der Waals surface area contributed by atoms with E-state index in [9.17, 15) is 9.59 Å². The van der Waals surface area contributed by atoms with E-state index in [0.717, 1.165) is 35.2 Å². The van der Waals surface area contributed by atoms with Gasteiger partial charge in [0.15, 0.2) is 11.5 Å². The summed E-state index contributed by atoms with van der Waals surface area (Å²) >= 11 is 1.36. The molecule has 9 heteroatoms. The maximum absolute atomic E-state index is 13.5. The van der Waals surface area contributed by atoms with Gasteiger partial charge in [0.1, 0.15) is 10.4 Å². The van der Waals surface area contributed by atoms with Gasteiger partial charge in [-0.15, -0.1) is 11.3 Å². The summed E-state index contributed by atoms with van der Waals surface area (Å²) in [7, 11) is 4.87. The number of aromatic amines is 1. The Bertz CT molecular complexity index is 1590. The van der Waals surface area contributed by atoms with Crippen LogP contribution in [0.15, 0.2) is 39.9 Å². The summed E-state index contributed by atoms with van der Waals surface area (Å²) in [6.07, 6.45) is 2.83. The van der Waals surface area contributed by atoms with Gasteiger partial charge in [-0.2, -0.15) is 0 Å². The number of aromatic nitrogens is 2. The van der Waals surface area contributed by atoms with Crippen molar-refractivity contribution < 1.29 is 14.2 Å². The SMILES string of the molecule is COc1cc2sc3c(=O)n(CCC4NC[C@@H]5CCc6c(OC)cccc6[C@H]45)c(=O)[nH]c3c2cc1OC. The third-order valence-corrected chi connectivity index (χ3v) is 9.01. The van der Waals surface area contributed by atoms with Crippen molar-refractivity contribution in [3.05, 3.63) is 62.3 Å². The molecule has 1 aliphatic heterocycles. The quantitative estimate of drug-likeness (QED) is 0.414. The van der Waals surface area contributed by atoms with Crippen LogP contribution in [-0.2, 0) is 13.0 Å². The molecule has 1 fully saturated rings. The molecule has 1 unspecified atom stereocenters. The van der Waals surface area contributed by atoms with Crippen LogP contribution < -0.4 is 30.8 Å². The van der Waals surface area contributed by atoms with Crippen LogP contribution in [0.1, 0.15) is 29.9 Å². The van der Waals surface area contributed by atoms with Crippen LogP contribution >= 0.6 is 11.3 Å². The fraction of sp³-hybridized carbons (Fsp3) is 0.407. The van der Waals surface area contributed by atoms with Crippen LogP contribution in [0.2, 0.25) is 0 Å². The molecule has 0 spiro atoms. The average Bonchev–Trinajstić information content (AvgIpc) is 3.48. The number of rotatable bonds is 6. The van der Waals surface area contributed by atoms with E-state index in [4.69, 9.17) is 14.2 Å². The van der Waals surface area contributed by atoms with Crippen molar-refractivity contribution in [3.8, 4) is 17.2 Å². The van der Waals surface area contributed by atoms with Crippen LogP contribution in [0.5, 0.6) is 17.2 Å². The monoisotopic (exact) mass is 507 g/mol. The molecule has 0 amide bonds. The van der Waals surface area contributed by atoms with Gasteiger partial charge < -0.3 is 24.5 Å². The molecule has 1 saturated heterocycles. The summed E-state index contributed by atoms with van der Waals surface area (Å²) in [5, 5.41) is 4.46. The van der Waals surface area contributed by atoms with Gasteiger partial charge in [0.05, 0.1) is 26.8 Å². The molecule has 2 aliphatic rings. The van der Waals surface area contributed by atoms with E-state index >= 15 is 0 Å². The number of H-pyrrole nitrogens is 1. The molecule has 3 atom stereocenters. The fourth-order valence-electron chi connectivity index (χ4n) is 6.16. The molecule has 6 rings (SSSR count). The highest BCUT2D eigenvalue weighted by Crippen LogP contribution is 2.45. The lowest BCUT2D eigenvalue weighted by molar-refractivity contribution is 0.356. The maximum atomic E-state index is 13.5. The topological polar surface area (TPSA) is 94.6 Å². The van der Waals surface area contributed by atoms with E-state index in [1.165, 1.54) is 27.0 Å². The number of hydrogen-bond acceptors (Lipinski definition) is 7. The molecule has 3 heterocycles. The van der Waals surface area contributed by atoms with E-state index in [0.29, 0.717) is 46.5 Å². The Morgan fingerprint density at radius 2 is 1.83 bits per heavy atom. The van der Waals surface area contributed by atoms with Crippen LogP contribution in [-0.4, -0.2) is 43.5 Å². The van der Waals surface area contributed by atoms with Crippen molar-refractivity contribution >= 4 is 31.6 Å². The highest BCUT2D eigenvalue weighted by molar-refractivity contribution is 7.25. The zero-order chi connectivity index (χ0) is 25.0. The number of methoxy groups -OCH3 is 3. The van der Waals surface area contributed by atoms with Crippen LogP contribution in [0.4, 0.5) is 0 Å². The van der Waals surface area contributed by atoms with E-state index < -0.39 is 0 Å². The number of benzene rings is 2. The minimum Gasteiger partial charge on any atom is -0.496 e. The number of nitrogens with zero attached hydrogens (tertiary/aromatic N) is 1. The number of ether oxygens (including phenoxy) is 3. The smallest absolute Gasteiger partial charge is 0.328 e.